The maximum Gasteiger partial charge on any atom is 0.345 e. The van der Waals surface area contributed by atoms with E-state index in [1.165, 1.54) is 17.9 Å². The first kappa shape index (κ1) is 21.1. The Balaban J connectivity index is 2.14. The Hall–Kier alpha value is -2.20. The van der Waals surface area contributed by atoms with Crippen molar-refractivity contribution in [1.82, 2.24) is 4.90 Å². The number of nitro benzene ring substituents is 1. The molecule has 1 amide bonds. The molecule has 1 heterocycles. The molecule has 0 N–H and O–H groups in total. The summed E-state index contributed by atoms with van der Waals surface area (Å²) in [5.41, 5.74) is -0.850. The number of rotatable bonds is 6. The fourth-order valence-electron chi connectivity index (χ4n) is 2.95. The molecule has 0 bridgehead atoms. The normalized spacial score (nSPS) is 19.3. The van der Waals surface area contributed by atoms with E-state index in [0.29, 0.717) is 6.42 Å². The van der Waals surface area contributed by atoms with Crippen molar-refractivity contribution in [2.24, 2.45) is 0 Å². The number of carbonyl (C=O) groups is 2. The number of ether oxygens (including phenoxy) is 1. The highest BCUT2D eigenvalue weighted by molar-refractivity contribution is 7.91. The molecule has 11 heteroatoms. The highest BCUT2D eigenvalue weighted by Gasteiger charge is 2.36. The number of amides is 1. The van der Waals surface area contributed by atoms with E-state index in [1.54, 1.807) is 6.92 Å². The van der Waals surface area contributed by atoms with Crippen molar-refractivity contribution in [2.45, 2.75) is 32.4 Å². The Kier molecular flexibility index (Phi) is 6.42. The molecule has 0 saturated carbocycles. The number of carbonyl (C=O) groups excluding carboxylic acids is 2. The van der Waals surface area contributed by atoms with E-state index in [1.807, 2.05) is 0 Å². The van der Waals surface area contributed by atoms with E-state index in [2.05, 4.69) is 0 Å². The molecule has 1 aliphatic rings. The average Bonchev–Trinajstić information content (AvgIpc) is 2.94. The van der Waals surface area contributed by atoms with Crippen LogP contribution in [0.25, 0.3) is 0 Å². The van der Waals surface area contributed by atoms with E-state index in [4.69, 9.17) is 16.3 Å². The van der Waals surface area contributed by atoms with Crippen LogP contribution in [0.4, 0.5) is 5.69 Å². The molecule has 2 atom stereocenters. The summed E-state index contributed by atoms with van der Waals surface area (Å²) in [6.07, 6.45) is -0.901. The fraction of sp³-hybridized carbons (Fsp3) is 0.500. The molecule has 2 rings (SSSR count). The monoisotopic (exact) mass is 418 g/mol. The molecule has 0 radical (unpaired) electrons. The zero-order chi connectivity index (χ0) is 20.4. The molecule has 0 aromatic heterocycles. The first-order valence-electron chi connectivity index (χ1n) is 8.21. The van der Waals surface area contributed by atoms with E-state index in [-0.39, 0.29) is 28.6 Å². The van der Waals surface area contributed by atoms with Crippen LogP contribution in [0.5, 0.6) is 0 Å². The molecule has 27 heavy (non-hydrogen) atoms. The van der Waals surface area contributed by atoms with Gasteiger partial charge in [0.1, 0.15) is 5.56 Å². The summed E-state index contributed by atoms with van der Waals surface area (Å²) in [5.74, 6) is -1.71. The smallest absolute Gasteiger partial charge is 0.345 e. The minimum atomic E-state index is -3.18. The lowest BCUT2D eigenvalue weighted by molar-refractivity contribution is -0.385. The maximum atomic E-state index is 12.6. The summed E-state index contributed by atoms with van der Waals surface area (Å²) in [7, 11) is -3.18. The van der Waals surface area contributed by atoms with Crippen LogP contribution in [0.1, 0.15) is 30.6 Å². The van der Waals surface area contributed by atoms with Gasteiger partial charge in [0.25, 0.3) is 11.6 Å². The SMILES string of the molecule is CCN(C(=O)C(C)OC(=O)c1ccc(Cl)cc1[N+](=O)[O-])C1CCS(=O)(=O)C1. The predicted octanol–water partition coefficient (Wildman–Crippen LogP) is 1.83. The van der Waals surface area contributed by atoms with E-state index in [0.717, 1.165) is 12.1 Å². The van der Waals surface area contributed by atoms with Gasteiger partial charge in [-0.3, -0.25) is 14.9 Å². The molecule has 9 nitrogen and oxygen atoms in total. The Labute approximate surface area is 161 Å². The van der Waals surface area contributed by atoms with E-state index >= 15 is 0 Å². The highest BCUT2D eigenvalue weighted by atomic mass is 35.5. The lowest BCUT2D eigenvalue weighted by atomic mass is 10.1. The zero-order valence-electron chi connectivity index (χ0n) is 14.8. The third-order valence-corrected chi connectivity index (χ3v) is 6.27. The molecule has 2 unspecified atom stereocenters. The largest absolute Gasteiger partial charge is 0.449 e. The van der Waals surface area contributed by atoms with Gasteiger partial charge in [0, 0.05) is 23.7 Å². The Morgan fingerprint density at radius 1 is 1.44 bits per heavy atom. The second kappa shape index (κ2) is 8.22. The number of hydrogen-bond donors (Lipinski definition) is 0. The van der Waals surface area contributed by atoms with Gasteiger partial charge in [0.15, 0.2) is 15.9 Å². The van der Waals surface area contributed by atoms with Crippen molar-refractivity contribution in [1.29, 1.82) is 0 Å². The van der Waals surface area contributed by atoms with Crippen molar-refractivity contribution in [2.75, 3.05) is 18.1 Å². The van der Waals surface area contributed by atoms with Crippen molar-refractivity contribution in [3.63, 3.8) is 0 Å². The minimum Gasteiger partial charge on any atom is -0.449 e. The first-order valence-corrected chi connectivity index (χ1v) is 10.4. The van der Waals surface area contributed by atoms with Gasteiger partial charge in [-0.1, -0.05) is 11.6 Å². The molecule has 1 aromatic carbocycles. The van der Waals surface area contributed by atoms with Crippen molar-refractivity contribution >= 4 is 39.0 Å². The van der Waals surface area contributed by atoms with Crippen LogP contribution in [0.15, 0.2) is 18.2 Å². The van der Waals surface area contributed by atoms with Gasteiger partial charge in [0.05, 0.1) is 16.4 Å². The number of hydrogen-bond acceptors (Lipinski definition) is 7. The number of benzene rings is 1. The number of sulfone groups is 1. The van der Waals surface area contributed by atoms with Crippen LogP contribution in [0, 0.1) is 10.1 Å². The highest BCUT2D eigenvalue weighted by Crippen LogP contribution is 2.25. The van der Waals surface area contributed by atoms with Gasteiger partial charge in [-0.15, -0.1) is 0 Å². The van der Waals surface area contributed by atoms with Gasteiger partial charge in [-0.2, -0.15) is 0 Å². The topological polar surface area (TPSA) is 124 Å². The zero-order valence-corrected chi connectivity index (χ0v) is 16.3. The van der Waals surface area contributed by atoms with Crippen molar-refractivity contribution < 1.29 is 27.7 Å². The van der Waals surface area contributed by atoms with E-state index in [9.17, 15) is 28.1 Å². The maximum absolute atomic E-state index is 12.6. The van der Waals surface area contributed by atoms with E-state index < -0.39 is 44.5 Å². The summed E-state index contributed by atoms with van der Waals surface area (Å²) < 4.78 is 28.4. The third kappa shape index (κ3) is 4.95. The summed E-state index contributed by atoms with van der Waals surface area (Å²) >= 11 is 5.71. The third-order valence-electron chi connectivity index (χ3n) is 4.28. The molecular weight excluding hydrogens is 400 g/mol. The van der Waals surface area contributed by atoms with Crippen molar-refractivity contribution in [3.8, 4) is 0 Å². The lowest BCUT2D eigenvalue weighted by Gasteiger charge is -2.29. The molecule has 1 aromatic rings. The average molecular weight is 419 g/mol. The molecule has 1 aliphatic heterocycles. The first-order chi connectivity index (χ1) is 12.6. The molecule has 1 fully saturated rings. The van der Waals surface area contributed by atoms with Crippen LogP contribution in [0.2, 0.25) is 5.02 Å². The summed E-state index contributed by atoms with van der Waals surface area (Å²) in [6.45, 7) is 3.29. The van der Waals surface area contributed by atoms with Gasteiger partial charge < -0.3 is 9.64 Å². The summed E-state index contributed by atoms with van der Waals surface area (Å²) in [4.78, 5) is 36.6. The quantitative estimate of drug-likeness (QED) is 0.392. The molecule has 1 saturated heterocycles. The molecule has 0 spiro atoms. The van der Waals surface area contributed by atoms with Crippen LogP contribution in [-0.2, 0) is 19.4 Å². The Bertz CT molecular complexity index is 872. The van der Waals surface area contributed by atoms with Crippen LogP contribution >= 0.6 is 11.6 Å². The second-order valence-electron chi connectivity index (χ2n) is 6.15. The number of nitrogens with zero attached hydrogens (tertiary/aromatic N) is 2. The van der Waals surface area contributed by atoms with Gasteiger partial charge >= 0.3 is 5.97 Å². The Morgan fingerprint density at radius 2 is 2.11 bits per heavy atom. The fourth-order valence-corrected chi connectivity index (χ4v) is 4.85. The van der Waals surface area contributed by atoms with Crippen molar-refractivity contribution in [3.05, 3.63) is 38.9 Å². The number of halogens is 1. The number of nitro groups is 1. The molecule has 0 aliphatic carbocycles. The Morgan fingerprint density at radius 3 is 2.63 bits per heavy atom. The molecular formula is C16H19ClN2O7S. The molecule has 148 valence electrons. The van der Waals surface area contributed by atoms with Crippen LogP contribution in [0.3, 0.4) is 0 Å². The van der Waals surface area contributed by atoms with Gasteiger partial charge in [0.2, 0.25) is 0 Å². The summed E-state index contributed by atoms with van der Waals surface area (Å²) in [6, 6.07) is 3.01. The van der Waals surface area contributed by atoms with Crippen LogP contribution in [-0.4, -0.2) is 60.3 Å². The number of esters is 1. The number of likely N-dealkylation sites (N-methyl/N-ethyl adjacent to an activating group) is 1. The second-order valence-corrected chi connectivity index (χ2v) is 8.81. The summed E-state index contributed by atoms with van der Waals surface area (Å²) in [5, 5.41) is 11.2. The predicted molar refractivity (Wildman–Crippen MR) is 97.4 cm³/mol. The van der Waals surface area contributed by atoms with Gasteiger partial charge in [-0.05, 0) is 32.4 Å². The lowest BCUT2D eigenvalue weighted by Crippen LogP contribution is -2.46. The van der Waals surface area contributed by atoms with Gasteiger partial charge in [-0.25, -0.2) is 13.2 Å². The standard InChI is InChI=1S/C16H19ClN2O7S/c1-3-18(12-6-7-27(24,25)9-12)15(20)10(2)26-16(21)13-5-4-11(17)8-14(13)19(22)23/h4-5,8,10,12H,3,6-7,9H2,1-2H3. The van der Waals surface area contributed by atoms with Crippen LogP contribution < -0.4 is 0 Å². The minimum absolute atomic E-state index is 0.00653.